The Morgan fingerprint density at radius 2 is 1.66 bits per heavy atom. The van der Waals surface area contributed by atoms with Crippen molar-refractivity contribution >= 4 is 43.5 Å². The van der Waals surface area contributed by atoms with E-state index in [9.17, 15) is 13.2 Å². The Hall–Kier alpha value is -2.19. The average molecular weight is 536 g/mol. The minimum atomic E-state index is -3.93. The molecule has 3 rings (SSSR count). The summed E-state index contributed by atoms with van der Waals surface area (Å²) in [4.78, 5) is 13.0. The van der Waals surface area contributed by atoms with Crippen molar-refractivity contribution in [2.45, 2.75) is 31.3 Å². The van der Waals surface area contributed by atoms with Crippen molar-refractivity contribution in [3.05, 3.63) is 99.0 Å². The second-order valence-corrected chi connectivity index (χ2v) is 10.8. The molecule has 0 spiro atoms. The summed E-state index contributed by atoms with van der Waals surface area (Å²) in [6, 6.07) is 20.9. The van der Waals surface area contributed by atoms with Gasteiger partial charge in [-0.3, -0.25) is 4.79 Å². The largest absolute Gasteiger partial charge is 0.348 e. The molecule has 1 amide bonds. The summed E-state index contributed by atoms with van der Waals surface area (Å²) < 4.78 is 28.9. The first-order valence-corrected chi connectivity index (χ1v) is 12.6. The molecule has 32 heavy (non-hydrogen) atoms. The molecule has 8 heteroatoms. The first-order chi connectivity index (χ1) is 15.2. The van der Waals surface area contributed by atoms with Gasteiger partial charge >= 0.3 is 0 Å². The first-order valence-electron chi connectivity index (χ1n) is 10.0. The molecule has 3 aromatic carbocycles. The lowest BCUT2D eigenvalue weighted by atomic mass is 10.1. The molecule has 1 unspecified atom stereocenters. The standard InChI is InChI=1S/C24H24BrClN2O3S/c1-17-7-13-22(14-8-17)32(30,31)28(15-20-5-3-4-6-23(20)26)16-24(29)27-18(2)19-9-11-21(25)12-10-19/h3-14,18H,15-16H2,1-2H3,(H,27,29). The number of nitrogens with zero attached hydrogens (tertiary/aromatic N) is 1. The average Bonchev–Trinajstić information content (AvgIpc) is 2.75. The Balaban J connectivity index is 1.84. The smallest absolute Gasteiger partial charge is 0.243 e. The van der Waals surface area contributed by atoms with Crippen LogP contribution in [0.5, 0.6) is 0 Å². The van der Waals surface area contributed by atoms with Crippen LogP contribution < -0.4 is 5.32 Å². The van der Waals surface area contributed by atoms with Gasteiger partial charge in [-0.05, 0) is 55.3 Å². The monoisotopic (exact) mass is 534 g/mol. The number of halogens is 2. The lowest BCUT2D eigenvalue weighted by Crippen LogP contribution is -2.41. The van der Waals surface area contributed by atoms with Gasteiger partial charge in [-0.1, -0.05) is 75.6 Å². The molecular weight excluding hydrogens is 512 g/mol. The number of carbonyl (C=O) groups is 1. The van der Waals surface area contributed by atoms with Crippen LogP contribution in [0.2, 0.25) is 5.02 Å². The van der Waals surface area contributed by atoms with E-state index in [1.165, 1.54) is 0 Å². The summed E-state index contributed by atoms with van der Waals surface area (Å²) in [5.41, 5.74) is 2.49. The third-order valence-electron chi connectivity index (χ3n) is 5.03. The minimum Gasteiger partial charge on any atom is -0.348 e. The Bertz CT molecular complexity index is 1180. The highest BCUT2D eigenvalue weighted by molar-refractivity contribution is 9.10. The number of amides is 1. The molecule has 1 N–H and O–H groups in total. The van der Waals surface area contributed by atoms with Gasteiger partial charge in [-0.25, -0.2) is 8.42 Å². The minimum absolute atomic E-state index is 0.0179. The molecule has 0 radical (unpaired) electrons. The van der Waals surface area contributed by atoms with Gasteiger partial charge in [-0.15, -0.1) is 0 Å². The first kappa shape index (κ1) is 24.5. The number of benzene rings is 3. The van der Waals surface area contributed by atoms with Gasteiger partial charge in [0.25, 0.3) is 0 Å². The van der Waals surface area contributed by atoms with Crippen LogP contribution in [0, 0.1) is 6.92 Å². The van der Waals surface area contributed by atoms with Crippen LogP contribution in [0.25, 0.3) is 0 Å². The second-order valence-electron chi connectivity index (χ2n) is 7.52. The predicted molar refractivity (Wildman–Crippen MR) is 131 cm³/mol. The summed E-state index contributed by atoms with van der Waals surface area (Å²) in [7, 11) is -3.93. The van der Waals surface area contributed by atoms with Gasteiger partial charge < -0.3 is 5.32 Å². The Kier molecular flexibility index (Phi) is 8.11. The van der Waals surface area contributed by atoms with E-state index in [1.54, 1.807) is 48.5 Å². The van der Waals surface area contributed by atoms with Gasteiger partial charge in [0.2, 0.25) is 15.9 Å². The normalized spacial score (nSPS) is 12.5. The second kappa shape index (κ2) is 10.6. The Labute approximate surface area is 202 Å². The van der Waals surface area contributed by atoms with E-state index in [4.69, 9.17) is 11.6 Å². The van der Waals surface area contributed by atoms with Gasteiger partial charge in [0.05, 0.1) is 17.5 Å². The van der Waals surface area contributed by atoms with Crippen LogP contribution in [0.4, 0.5) is 0 Å². The zero-order valence-electron chi connectivity index (χ0n) is 17.8. The van der Waals surface area contributed by atoms with Crippen molar-refractivity contribution in [1.29, 1.82) is 0 Å². The highest BCUT2D eigenvalue weighted by Gasteiger charge is 2.28. The number of carbonyl (C=O) groups excluding carboxylic acids is 1. The van der Waals surface area contributed by atoms with E-state index in [1.807, 2.05) is 38.1 Å². The molecule has 0 aromatic heterocycles. The maximum atomic E-state index is 13.4. The number of rotatable bonds is 8. The maximum absolute atomic E-state index is 13.4. The van der Waals surface area contributed by atoms with E-state index in [-0.39, 0.29) is 24.0 Å². The summed E-state index contributed by atoms with van der Waals surface area (Å²) in [5, 5.41) is 3.33. The topological polar surface area (TPSA) is 66.5 Å². The molecule has 0 saturated carbocycles. The quantitative estimate of drug-likeness (QED) is 0.415. The number of aryl methyl sites for hydroxylation is 1. The zero-order valence-corrected chi connectivity index (χ0v) is 20.9. The van der Waals surface area contributed by atoms with E-state index >= 15 is 0 Å². The Morgan fingerprint density at radius 3 is 2.28 bits per heavy atom. The van der Waals surface area contributed by atoms with Crippen LogP contribution in [0.15, 0.2) is 82.2 Å². The molecule has 0 heterocycles. The fourth-order valence-corrected chi connectivity index (χ4v) is 5.02. The number of hydrogen-bond acceptors (Lipinski definition) is 3. The Morgan fingerprint density at radius 1 is 1.03 bits per heavy atom. The lowest BCUT2D eigenvalue weighted by Gasteiger charge is -2.24. The SMILES string of the molecule is Cc1ccc(S(=O)(=O)N(CC(=O)NC(C)c2ccc(Br)cc2)Cc2ccccc2Cl)cc1. The zero-order chi connectivity index (χ0) is 23.3. The van der Waals surface area contributed by atoms with Crippen LogP contribution in [-0.4, -0.2) is 25.2 Å². The van der Waals surface area contributed by atoms with Crippen molar-refractivity contribution in [3.8, 4) is 0 Å². The third kappa shape index (κ3) is 6.19. The van der Waals surface area contributed by atoms with Crippen molar-refractivity contribution in [2.24, 2.45) is 0 Å². The molecule has 0 fully saturated rings. The van der Waals surface area contributed by atoms with Crippen molar-refractivity contribution < 1.29 is 13.2 Å². The van der Waals surface area contributed by atoms with Gasteiger partial charge in [-0.2, -0.15) is 4.31 Å². The maximum Gasteiger partial charge on any atom is 0.243 e. The highest BCUT2D eigenvalue weighted by atomic mass is 79.9. The fraction of sp³-hybridized carbons (Fsp3) is 0.208. The van der Waals surface area contributed by atoms with Crippen LogP contribution in [-0.2, 0) is 21.4 Å². The van der Waals surface area contributed by atoms with Crippen LogP contribution in [0.1, 0.15) is 29.7 Å². The predicted octanol–water partition coefficient (Wildman–Crippen LogP) is 5.48. The van der Waals surface area contributed by atoms with Gasteiger partial charge in [0.15, 0.2) is 0 Å². The van der Waals surface area contributed by atoms with E-state index in [2.05, 4.69) is 21.2 Å². The molecule has 3 aromatic rings. The highest BCUT2D eigenvalue weighted by Crippen LogP contribution is 2.23. The van der Waals surface area contributed by atoms with Crippen LogP contribution in [0.3, 0.4) is 0 Å². The number of sulfonamides is 1. The summed E-state index contributed by atoms with van der Waals surface area (Å²) in [6.45, 7) is 3.39. The molecule has 168 valence electrons. The molecular formula is C24H24BrClN2O3S. The molecule has 0 aliphatic carbocycles. The number of nitrogens with one attached hydrogen (secondary N) is 1. The van der Waals surface area contributed by atoms with Gasteiger partial charge in [0, 0.05) is 16.0 Å². The van der Waals surface area contributed by atoms with E-state index < -0.39 is 15.9 Å². The summed E-state index contributed by atoms with van der Waals surface area (Å²) >= 11 is 9.67. The summed E-state index contributed by atoms with van der Waals surface area (Å²) in [6.07, 6.45) is 0. The fourth-order valence-electron chi connectivity index (χ4n) is 3.18. The molecule has 0 aliphatic rings. The van der Waals surface area contributed by atoms with Crippen LogP contribution >= 0.6 is 27.5 Å². The molecule has 1 atom stereocenters. The van der Waals surface area contributed by atoms with Gasteiger partial charge in [0.1, 0.15) is 0 Å². The van der Waals surface area contributed by atoms with Crippen molar-refractivity contribution in [2.75, 3.05) is 6.54 Å². The summed E-state index contributed by atoms with van der Waals surface area (Å²) in [5.74, 6) is -0.400. The van der Waals surface area contributed by atoms with Crippen molar-refractivity contribution in [3.63, 3.8) is 0 Å². The molecule has 0 bridgehead atoms. The van der Waals surface area contributed by atoms with E-state index in [0.29, 0.717) is 10.6 Å². The number of hydrogen-bond donors (Lipinski definition) is 1. The van der Waals surface area contributed by atoms with E-state index in [0.717, 1.165) is 19.9 Å². The molecule has 0 aliphatic heterocycles. The third-order valence-corrected chi connectivity index (χ3v) is 7.73. The molecule has 0 saturated heterocycles. The molecule has 5 nitrogen and oxygen atoms in total. The van der Waals surface area contributed by atoms with Crippen molar-refractivity contribution in [1.82, 2.24) is 9.62 Å². The lowest BCUT2D eigenvalue weighted by molar-refractivity contribution is -0.122.